The Kier molecular flexibility index (Phi) is 3.18. The van der Waals surface area contributed by atoms with E-state index >= 15 is 0 Å². The summed E-state index contributed by atoms with van der Waals surface area (Å²) in [4.78, 5) is -0.479. The molecule has 1 unspecified atom stereocenters. The van der Waals surface area contributed by atoms with Gasteiger partial charge in [-0.3, -0.25) is 0 Å². The second-order valence-electron chi connectivity index (χ2n) is 3.64. The Labute approximate surface area is 100 Å². The summed E-state index contributed by atoms with van der Waals surface area (Å²) in [6.07, 6.45) is 8.35. The summed E-state index contributed by atoms with van der Waals surface area (Å²) in [5.74, 6) is 0. The van der Waals surface area contributed by atoms with Crippen LogP contribution in [-0.4, -0.2) is 4.87 Å². The first-order chi connectivity index (χ1) is 7.18. The molecule has 0 nitrogen and oxygen atoms in total. The molecule has 0 N–H and O–H groups in total. The molecule has 0 saturated heterocycles. The molecule has 0 spiro atoms. The van der Waals surface area contributed by atoms with E-state index in [1.54, 1.807) is 0 Å². The normalized spacial score (nSPS) is 25.1. The van der Waals surface area contributed by atoms with Crippen LogP contribution in [0, 0.1) is 6.42 Å². The minimum absolute atomic E-state index is 0.479. The van der Waals surface area contributed by atoms with Crippen LogP contribution in [0.4, 0.5) is 0 Å². The van der Waals surface area contributed by atoms with Gasteiger partial charge in [-0.2, -0.15) is 0 Å². The van der Waals surface area contributed by atoms with Crippen LogP contribution in [0.5, 0.6) is 0 Å². The van der Waals surface area contributed by atoms with E-state index in [-0.39, 0.29) is 0 Å². The van der Waals surface area contributed by atoms with Gasteiger partial charge in [0.25, 0.3) is 0 Å². The third-order valence-electron chi connectivity index (χ3n) is 2.32. The minimum atomic E-state index is -0.479. The maximum absolute atomic E-state index is 6.44. The van der Waals surface area contributed by atoms with Gasteiger partial charge in [0.05, 0.1) is 4.87 Å². The molecule has 1 radical (unpaired) electrons. The lowest BCUT2D eigenvalue weighted by atomic mass is 9.92. The van der Waals surface area contributed by atoms with Crippen LogP contribution < -0.4 is 0 Å². The van der Waals surface area contributed by atoms with Gasteiger partial charge in [0.15, 0.2) is 0 Å². The maximum Gasteiger partial charge on any atom is 0.0753 e. The maximum atomic E-state index is 6.44. The molecule has 1 aliphatic carbocycles. The van der Waals surface area contributed by atoms with Crippen molar-refractivity contribution >= 4 is 23.2 Å². The first-order valence-corrected chi connectivity index (χ1v) is 5.57. The lowest BCUT2D eigenvalue weighted by Gasteiger charge is -2.25. The van der Waals surface area contributed by atoms with Crippen LogP contribution in [0.15, 0.2) is 53.6 Å². The molecule has 1 aromatic carbocycles. The largest absolute Gasteiger partial charge is 0.114 e. The molecule has 0 amide bonds. The van der Waals surface area contributed by atoms with Crippen molar-refractivity contribution in [2.24, 2.45) is 0 Å². The molecule has 2 rings (SSSR count). The Bertz CT molecular complexity index is 392. The number of halogens is 2. The number of hydrogen-bond acceptors (Lipinski definition) is 0. The highest BCUT2D eigenvalue weighted by molar-refractivity contribution is 6.34. The highest BCUT2D eigenvalue weighted by atomic mass is 35.5. The van der Waals surface area contributed by atoms with Crippen molar-refractivity contribution < 1.29 is 0 Å². The molecule has 0 fully saturated rings. The SMILES string of the molecule is ClC1=CC=CC(Cl)(Cc2ccccc2)[CH]1. The van der Waals surface area contributed by atoms with Crippen LogP contribution in [0.3, 0.4) is 0 Å². The van der Waals surface area contributed by atoms with Crippen LogP contribution in [0.2, 0.25) is 0 Å². The summed E-state index contributed by atoms with van der Waals surface area (Å²) in [5.41, 5.74) is 1.21. The van der Waals surface area contributed by atoms with Gasteiger partial charge < -0.3 is 0 Å². The van der Waals surface area contributed by atoms with E-state index in [1.807, 2.05) is 42.8 Å². The highest BCUT2D eigenvalue weighted by Crippen LogP contribution is 2.33. The summed E-state index contributed by atoms with van der Waals surface area (Å²) >= 11 is 12.4. The number of hydrogen-bond donors (Lipinski definition) is 0. The number of allylic oxidation sites excluding steroid dienone is 4. The second kappa shape index (κ2) is 4.42. The highest BCUT2D eigenvalue weighted by Gasteiger charge is 2.27. The molecule has 0 bridgehead atoms. The van der Waals surface area contributed by atoms with E-state index < -0.39 is 4.87 Å². The quantitative estimate of drug-likeness (QED) is 0.680. The lowest BCUT2D eigenvalue weighted by molar-refractivity contribution is 0.800. The Morgan fingerprint density at radius 1 is 1.13 bits per heavy atom. The first-order valence-electron chi connectivity index (χ1n) is 4.82. The third-order valence-corrected chi connectivity index (χ3v) is 2.93. The van der Waals surface area contributed by atoms with Gasteiger partial charge in [0.1, 0.15) is 0 Å². The molecule has 0 aromatic heterocycles. The summed E-state index contributed by atoms with van der Waals surface area (Å²) in [7, 11) is 0. The molecule has 2 heteroatoms. The summed E-state index contributed by atoms with van der Waals surface area (Å²) < 4.78 is 0. The van der Waals surface area contributed by atoms with Gasteiger partial charge >= 0.3 is 0 Å². The topological polar surface area (TPSA) is 0 Å². The summed E-state index contributed by atoms with van der Waals surface area (Å²) in [6.45, 7) is 0. The standard InChI is InChI=1S/C13H11Cl2/c14-12-7-4-8-13(15,10-12)9-11-5-2-1-3-6-11/h1-8,10H,9H2. The van der Waals surface area contributed by atoms with Gasteiger partial charge in [0, 0.05) is 11.5 Å². The van der Waals surface area contributed by atoms with Gasteiger partial charge in [-0.25, -0.2) is 0 Å². The zero-order valence-electron chi connectivity index (χ0n) is 8.16. The average Bonchev–Trinajstić information content (AvgIpc) is 2.18. The Morgan fingerprint density at radius 2 is 1.87 bits per heavy atom. The number of rotatable bonds is 2. The second-order valence-corrected chi connectivity index (χ2v) is 4.78. The van der Waals surface area contributed by atoms with E-state index in [0.29, 0.717) is 5.03 Å². The van der Waals surface area contributed by atoms with E-state index in [9.17, 15) is 0 Å². The molecule has 1 aliphatic rings. The summed E-state index contributed by atoms with van der Waals surface area (Å²) in [6, 6.07) is 10.2. The first kappa shape index (κ1) is 10.8. The van der Waals surface area contributed by atoms with Crippen molar-refractivity contribution in [2.75, 3.05) is 0 Å². The predicted octanol–water partition coefficient (Wildman–Crippen LogP) is 4.10. The molecule has 1 atom stereocenters. The molecular weight excluding hydrogens is 227 g/mol. The molecule has 0 aliphatic heterocycles. The number of benzene rings is 1. The lowest BCUT2D eigenvalue weighted by Crippen LogP contribution is -2.24. The molecule has 0 heterocycles. The molecule has 0 saturated carbocycles. The molecular formula is C13H11Cl2. The third kappa shape index (κ3) is 2.87. The van der Waals surface area contributed by atoms with Crippen LogP contribution in [0.25, 0.3) is 0 Å². The van der Waals surface area contributed by atoms with Crippen molar-refractivity contribution in [3.05, 3.63) is 65.6 Å². The molecule has 1 aromatic rings. The van der Waals surface area contributed by atoms with Crippen molar-refractivity contribution in [1.29, 1.82) is 0 Å². The minimum Gasteiger partial charge on any atom is -0.114 e. The van der Waals surface area contributed by atoms with E-state index in [2.05, 4.69) is 12.1 Å². The zero-order chi connectivity index (χ0) is 10.7. The van der Waals surface area contributed by atoms with Crippen LogP contribution >= 0.6 is 23.2 Å². The van der Waals surface area contributed by atoms with Gasteiger partial charge in [-0.05, 0) is 18.1 Å². The average molecular weight is 238 g/mol. The monoisotopic (exact) mass is 237 g/mol. The zero-order valence-corrected chi connectivity index (χ0v) is 9.67. The number of alkyl halides is 1. The van der Waals surface area contributed by atoms with Crippen LogP contribution in [-0.2, 0) is 6.42 Å². The van der Waals surface area contributed by atoms with E-state index in [4.69, 9.17) is 23.2 Å². The molecule has 77 valence electrons. The summed E-state index contributed by atoms with van der Waals surface area (Å²) in [5, 5.41) is 0.698. The fourth-order valence-electron chi connectivity index (χ4n) is 1.64. The van der Waals surface area contributed by atoms with Crippen molar-refractivity contribution in [1.82, 2.24) is 0 Å². The fraction of sp³-hybridized carbons (Fsp3) is 0.154. The predicted molar refractivity (Wildman–Crippen MR) is 66.1 cm³/mol. The Hall–Kier alpha value is -0.720. The van der Waals surface area contributed by atoms with Crippen molar-refractivity contribution in [3.8, 4) is 0 Å². The van der Waals surface area contributed by atoms with Gasteiger partial charge in [0.2, 0.25) is 0 Å². The van der Waals surface area contributed by atoms with Crippen LogP contribution in [0.1, 0.15) is 5.56 Å². The Balaban J connectivity index is 2.13. The van der Waals surface area contributed by atoms with Gasteiger partial charge in [-0.1, -0.05) is 54.1 Å². The fourth-order valence-corrected chi connectivity index (χ4v) is 2.31. The molecule has 15 heavy (non-hydrogen) atoms. The van der Waals surface area contributed by atoms with E-state index in [0.717, 1.165) is 6.42 Å². The van der Waals surface area contributed by atoms with Crippen molar-refractivity contribution in [2.45, 2.75) is 11.3 Å². The van der Waals surface area contributed by atoms with Crippen molar-refractivity contribution in [3.63, 3.8) is 0 Å². The Morgan fingerprint density at radius 3 is 2.53 bits per heavy atom. The smallest absolute Gasteiger partial charge is 0.0753 e. The van der Waals surface area contributed by atoms with E-state index in [1.165, 1.54) is 5.56 Å². The van der Waals surface area contributed by atoms with Gasteiger partial charge in [-0.15, -0.1) is 11.6 Å².